The van der Waals surface area contributed by atoms with Gasteiger partial charge in [-0.1, -0.05) is 20.8 Å². The van der Waals surface area contributed by atoms with Crippen LogP contribution in [0.2, 0.25) is 0 Å². The third-order valence-corrected chi connectivity index (χ3v) is 7.96. The number of rotatable bonds is 8. The maximum absolute atomic E-state index is 12.3. The molecule has 2 saturated carbocycles. The Morgan fingerprint density at radius 2 is 1.80 bits per heavy atom. The molecule has 8 heteroatoms. The van der Waals surface area contributed by atoms with Gasteiger partial charge in [0.1, 0.15) is 11.6 Å². The van der Waals surface area contributed by atoms with Crippen LogP contribution in [0.5, 0.6) is 0 Å². The van der Waals surface area contributed by atoms with E-state index >= 15 is 0 Å². The minimum atomic E-state index is -0.265. The lowest BCUT2D eigenvalue weighted by Crippen LogP contribution is -2.47. The van der Waals surface area contributed by atoms with Gasteiger partial charge in [0, 0.05) is 56.7 Å². The molecule has 0 unspecified atom stereocenters. The number of anilines is 1. The van der Waals surface area contributed by atoms with E-state index in [0.717, 1.165) is 68.8 Å². The number of piperazine rings is 1. The standard InChI is InChI=1S/C27H45N5O3/c1-27(2,3)26-29-22(18-35-4)17-24(30-26)32-13-11-31(12-14-32)10-9-19-5-7-21(8-6-19)28-25(34)20-15-23(33)16-20/h17,19-21,23,33H,5-16,18H2,1-4H3,(H,28,34)/t19-,20-,21+,23+. The molecular formula is C27H45N5O3. The van der Waals surface area contributed by atoms with Gasteiger partial charge in [-0.2, -0.15) is 0 Å². The van der Waals surface area contributed by atoms with Gasteiger partial charge in [0.05, 0.1) is 18.4 Å². The highest BCUT2D eigenvalue weighted by Gasteiger charge is 2.34. The van der Waals surface area contributed by atoms with Crippen LogP contribution in [0.3, 0.4) is 0 Å². The van der Waals surface area contributed by atoms with Crippen molar-refractivity contribution in [1.29, 1.82) is 0 Å². The van der Waals surface area contributed by atoms with Gasteiger partial charge in [-0.3, -0.25) is 9.69 Å². The maximum Gasteiger partial charge on any atom is 0.223 e. The van der Waals surface area contributed by atoms with Gasteiger partial charge in [0.25, 0.3) is 0 Å². The number of nitrogens with zero attached hydrogens (tertiary/aromatic N) is 4. The Balaban J connectivity index is 1.18. The molecule has 3 fully saturated rings. The van der Waals surface area contributed by atoms with Crippen LogP contribution in [-0.4, -0.2) is 77.9 Å². The van der Waals surface area contributed by atoms with Gasteiger partial charge < -0.3 is 20.1 Å². The summed E-state index contributed by atoms with van der Waals surface area (Å²) in [6.07, 6.45) is 6.84. The lowest BCUT2D eigenvalue weighted by Gasteiger charge is -2.37. The molecule has 1 saturated heterocycles. The Kier molecular flexibility index (Phi) is 8.66. The highest BCUT2D eigenvalue weighted by molar-refractivity contribution is 5.79. The van der Waals surface area contributed by atoms with Crippen molar-refractivity contribution in [2.75, 3.05) is 44.7 Å². The fraction of sp³-hybridized carbons (Fsp3) is 0.815. The van der Waals surface area contributed by atoms with E-state index in [-0.39, 0.29) is 23.3 Å². The molecular weight excluding hydrogens is 442 g/mol. The summed E-state index contributed by atoms with van der Waals surface area (Å²) >= 11 is 0. The molecule has 196 valence electrons. The van der Waals surface area contributed by atoms with Gasteiger partial charge >= 0.3 is 0 Å². The summed E-state index contributed by atoms with van der Waals surface area (Å²) < 4.78 is 5.35. The van der Waals surface area contributed by atoms with E-state index in [9.17, 15) is 9.90 Å². The number of hydrogen-bond donors (Lipinski definition) is 2. The Hall–Kier alpha value is -1.77. The summed E-state index contributed by atoms with van der Waals surface area (Å²) in [4.78, 5) is 26.9. The van der Waals surface area contributed by atoms with Gasteiger partial charge in [-0.05, 0) is 57.4 Å². The van der Waals surface area contributed by atoms with Gasteiger partial charge in [0.2, 0.25) is 5.91 Å². The second kappa shape index (κ2) is 11.5. The second-order valence-corrected chi connectivity index (χ2v) is 11.9. The van der Waals surface area contributed by atoms with Gasteiger partial charge in [0.15, 0.2) is 0 Å². The highest BCUT2D eigenvalue weighted by atomic mass is 16.5. The molecule has 1 aromatic rings. The quantitative estimate of drug-likeness (QED) is 0.583. The Labute approximate surface area is 210 Å². The predicted octanol–water partition coefficient (Wildman–Crippen LogP) is 2.88. The lowest BCUT2D eigenvalue weighted by atomic mass is 9.80. The fourth-order valence-corrected chi connectivity index (χ4v) is 5.48. The molecule has 1 aromatic heterocycles. The SMILES string of the molecule is COCc1cc(N2CCN(CC[C@H]3CC[C@@H](NC(=O)[C@H]4C[C@@H](O)C4)CC3)CC2)nc(C(C)(C)C)n1. The number of carbonyl (C=O) groups excluding carboxylic acids is 1. The van der Waals surface area contributed by atoms with Crippen molar-refractivity contribution in [3.05, 3.63) is 17.6 Å². The zero-order chi connectivity index (χ0) is 25.0. The molecule has 1 aliphatic heterocycles. The fourth-order valence-electron chi connectivity index (χ4n) is 5.48. The van der Waals surface area contributed by atoms with Crippen molar-refractivity contribution in [1.82, 2.24) is 20.2 Å². The van der Waals surface area contributed by atoms with Crippen LogP contribution in [0.15, 0.2) is 6.07 Å². The van der Waals surface area contributed by atoms with Crippen LogP contribution in [0.4, 0.5) is 5.82 Å². The van der Waals surface area contributed by atoms with Crippen molar-refractivity contribution >= 4 is 11.7 Å². The summed E-state index contributed by atoms with van der Waals surface area (Å²) in [7, 11) is 1.71. The third kappa shape index (κ3) is 7.14. The Morgan fingerprint density at radius 1 is 1.11 bits per heavy atom. The zero-order valence-corrected chi connectivity index (χ0v) is 22.1. The van der Waals surface area contributed by atoms with E-state index in [0.29, 0.717) is 25.5 Å². The molecule has 4 rings (SSSR count). The van der Waals surface area contributed by atoms with E-state index in [1.165, 1.54) is 19.3 Å². The summed E-state index contributed by atoms with van der Waals surface area (Å²) in [6, 6.07) is 2.41. The molecule has 0 atom stereocenters. The normalized spacial score (nSPS) is 28.0. The van der Waals surface area contributed by atoms with Crippen molar-refractivity contribution in [3.63, 3.8) is 0 Å². The van der Waals surface area contributed by atoms with Crippen molar-refractivity contribution in [3.8, 4) is 0 Å². The van der Waals surface area contributed by atoms with E-state index in [1.807, 2.05) is 0 Å². The third-order valence-electron chi connectivity index (χ3n) is 7.96. The van der Waals surface area contributed by atoms with Crippen LogP contribution in [0, 0.1) is 11.8 Å². The van der Waals surface area contributed by atoms with Crippen LogP contribution in [-0.2, 0) is 21.6 Å². The molecule has 0 spiro atoms. The largest absolute Gasteiger partial charge is 0.393 e. The molecule has 2 N–H and O–H groups in total. The summed E-state index contributed by atoms with van der Waals surface area (Å²) in [5.74, 6) is 2.86. The smallest absolute Gasteiger partial charge is 0.223 e. The number of carbonyl (C=O) groups is 1. The second-order valence-electron chi connectivity index (χ2n) is 11.9. The number of amides is 1. The molecule has 2 aliphatic carbocycles. The number of nitrogens with one attached hydrogen (secondary N) is 1. The molecule has 2 heterocycles. The summed E-state index contributed by atoms with van der Waals surface area (Å²) in [5.41, 5.74) is 0.851. The van der Waals surface area contributed by atoms with Crippen LogP contribution in [0.1, 0.15) is 77.2 Å². The van der Waals surface area contributed by atoms with Gasteiger partial charge in [-0.25, -0.2) is 9.97 Å². The van der Waals surface area contributed by atoms with E-state index in [4.69, 9.17) is 14.7 Å². The summed E-state index contributed by atoms with van der Waals surface area (Å²) in [5, 5.41) is 12.6. The molecule has 35 heavy (non-hydrogen) atoms. The van der Waals surface area contributed by atoms with Crippen LogP contribution < -0.4 is 10.2 Å². The van der Waals surface area contributed by atoms with Crippen molar-refractivity contribution in [2.24, 2.45) is 11.8 Å². The van der Waals surface area contributed by atoms with E-state index in [2.05, 4.69) is 42.0 Å². The number of aromatic nitrogens is 2. The van der Waals surface area contributed by atoms with E-state index in [1.54, 1.807) is 7.11 Å². The molecule has 3 aliphatic rings. The average Bonchev–Trinajstić information content (AvgIpc) is 2.81. The van der Waals surface area contributed by atoms with Crippen molar-refractivity contribution in [2.45, 2.75) is 89.9 Å². The average molecular weight is 488 g/mol. The van der Waals surface area contributed by atoms with Crippen LogP contribution in [0.25, 0.3) is 0 Å². The molecule has 0 aromatic carbocycles. The molecule has 1 amide bonds. The maximum atomic E-state index is 12.3. The number of methoxy groups -OCH3 is 1. The molecule has 8 nitrogen and oxygen atoms in total. The lowest BCUT2D eigenvalue weighted by molar-refractivity contribution is -0.132. The number of aliphatic hydroxyl groups is 1. The Morgan fingerprint density at radius 3 is 2.40 bits per heavy atom. The number of hydrogen-bond acceptors (Lipinski definition) is 7. The first-order chi connectivity index (χ1) is 16.7. The molecule has 0 radical (unpaired) electrons. The van der Waals surface area contributed by atoms with Crippen LogP contribution >= 0.6 is 0 Å². The molecule has 0 bridgehead atoms. The first-order valence-electron chi connectivity index (χ1n) is 13.5. The van der Waals surface area contributed by atoms with Crippen molar-refractivity contribution < 1.29 is 14.6 Å². The number of ether oxygens (including phenoxy) is 1. The number of aliphatic hydroxyl groups excluding tert-OH is 1. The topological polar surface area (TPSA) is 90.8 Å². The highest BCUT2D eigenvalue weighted by Crippen LogP contribution is 2.30. The monoisotopic (exact) mass is 487 g/mol. The minimum absolute atomic E-state index is 0.0374. The zero-order valence-electron chi connectivity index (χ0n) is 22.1. The van der Waals surface area contributed by atoms with E-state index < -0.39 is 0 Å². The minimum Gasteiger partial charge on any atom is -0.393 e. The predicted molar refractivity (Wildman–Crippen MR) is 137 cm³/mol. The summed E-state index contributed by atoms with van der Waals surface area (Å²) in [6.45, 7) is 12.2. The Bertz CT molecular complexity index is 836. The first kappa shape index (κ1) is 26.3. The first-order valence-corrected chi connectivity index (χ1v) is 13.5. The van der Waals surface area contributed by atoms with Gasteiger partial charge in [-0.15, -0.1) is 0 Å².